The van der Waals surface area contributed by atoms with E-state index in [1.165, 1.54) is 0 Å². The molecule has 1 aliphatic rings. The standard InChI is InChI=1S/C11H21NO2/c1-5-11(10(2,3)4)7-6-8-12(11)9(13)14/h5-8H2,1-4H3,(H,13,14)/t11-/m0/s1. The first-order chi connectivity index (χ1) is 6.35. The van der Waals surface area contributed by atoms with Crippen LogP contribution in [-0.4, -0.2) is 28.2 Å². The van der Waals surface area contributed by atoms with E-state index in [2.05, 4.69) is 27.7 Å². The molecule has 1 N–H and O–H groups in total. The van der Waals surface area contributed by atoms with Crippen molar-refractivity contribution in [3.8, 4) is 0 Å². The maximum absolute atomic E-state index is 11.1. The topological polar surface area (TPSA) is 40.5 Å². The fourth-order valence-corrected chi connectivity index (χ4v) is 2.84. The third-order valence-electron chi connectivity index (χ3n) is 3.70. The first-order valence-corrected chi connectivity index (χ1v) is 5.36. The summed E-state index contributed by atoms with van der Waals surface area (Å²) < 4.78 is 0. The Kier molecular flexibility index (Phi) is 2.79. The number of nitrogens with zero attached hydrogens (tertiary/aromatic N) is 1. The largest absolute Gasteiger partial charge is 0.465 e. The summed E-state index contributed by atoms with van der Waals surface area (Å²) in [5.41, 5.74) is -0.129. The molecule has 1 atom stereocenters. The zero-order valence-electron chi connectivity index (χ0n) is 9.63. The molecule has 1 aliphatic heterocycles. The van der Waals surface area contributed by atoms with E-state index in [0.29, 0.717) is 6.54 Å². The fourth-order valence-electron chi connectivity index (χ4n) is 2.84. The second kappa shape index (κ2) is 3.44. The molecule has 14 heavy (non-hydrogen) atoms. The van der Waals surface area contributed by atoms with Gasteiger partial charge >= 0.3 is 6.09 Å². The third-order valence-corrected chi connectivity index (χ3v) is 3.70. The molecule has 3 nitrogen and oxygen atoms in total. The number of carbonyl (C=O) groups is 1. The molecule has 0 aromatic heterocycles. The lowest BCUT2D eigenvalue weighted by Crippen LogP contribution is -2.54. The molecule has 0 aliphatic carbocycles. The van der Waals surface area contributed by atoms with Gasteiger partial charge in [-0.25, -0.2) is 4.79 Å². The van der Waals surface area contributed by atoms with Crippen LogP contribution in [0.3, 0.4) is 0 Å². The van der Waals surface area contributed by atoms with Crippen LogP contribution in [0.5, 0.6) is 0 Å². The molecule has 82 valence electrons. The Bertz CT molecular complexity index is 232. The first kappa shape index (κ1) is 11.3. The van der Waals surface area contributed by atoms with Crippen molar-refractivity contribution in [2.45, 2.75) is 52.5 Å². The van der Waals surface area contributed by atoms with E-state index in [0.717, 1.165) is 19.3 Å². The molecule has 0 spiro atoms. The molecule has 1 amide bonds. The Morgan fingerprint density at radius 2 is 2.07 bits per heavy atom. The smallest absolute Gasteiger partial charge is 0.407 e. The molecule has 0 bridgehead atoms. The quantitative estimate of drug-likeness (QED) is 0.705. The van der Waals surface area contributed by atoms with Gasteiger partial charge in [0.15, 0.2) is 0 Å². The van der Waals surface area contributed by atoms with Gasteiger partial charge in [-0.05, 0) is 24.7 Å². The average Bonchev–Trinajstić information content (AvgIpc) is 2.46. The van der Waals surface area contributed by atoms with Crippen LogP contribution in [0, 0.1) is 5.41 Å². The zero-order valence-corrected chi connectivity index (χ0v) is 9.63. The molecule has 0 aromatic carbocycles. The van der Waals surface area contributed by atoms with Crippen molar-refractivity contribution in [2.75, 3.05) is 6.54 Å². The highest BCUT2D eigenvalue weighted by Gasteiger charge is 2.50. The SMILES string of the molecule is CC[C@@]1(C(C)(C)C)CCCN1C(=O)O. The number of rotatable bonds is 1. The number of hydrogen-bond donors (Lipinski definition) is 1. The maximum Gasteiger partial charge on any atom is 0.407 e. The summed E-state index contributed by atoms with van der Waals surface area (Å²) in [7, 11) is 0. The monoisotopic (exact) mass is 199 g/mol. The van der Waals surface area contributed by atoms with E-state index < -0.39 is 6.09 Å². The van der Waals surface area contributed by atoms with E-state index in [9.17, 15) is 4.79 Å². The molecule has 1 heterocycles. The minimum atomic E-state index is -0.765. The van der Waals surface area contributed by atoms with Gasteiger partial charge in [0.1, 0.15) is 0 Å². The Morgan fingerprint density at radius 1 is 1.50 bits per heavy atom. The predicted molar refractivity (Wildman–Crippen MR) is 56.4 cm³/mol. The van der Waals surface area contributed by atoms with Crippen molar-refractivity contribution in [3.05, 3.63) is 0 Å². The Hall–Kier alpha value is -0.730. The zero-order chi connectivity index (χ0) is 11.0. The fraction of sp³-hybridized carbons (Fsp3) is 0.909. The van der Waals surface area contributed by atoms with Gasteiger partial charge in [0, 0.05) is 6.54 Å². The summed E-state index contributed by atoms with van der Waals surface area (Å²) in [6.07, 6.45) is 2.14. The molecular formula is C11H21NO2. The lowest BCUT2D eigenvalue weighted by molar-refractivity contribution is 0.0278. The summed E-state index contributed by atoms with van der Waals surface area (Å²) in [6, 6.07) is 0. The molecule has 1 fully saturated rings. The molecule has 0 aromatic rings. The summed E-state index contributed by atoms with van der Waals surface area (Å²) >= 11 is 0. The molecular weight excluding hydrogens is 178 g/mol. The lowest BCUT2D eigenvalue weighted by atomic mass is 9.70. The highest BCUT2D eigenvalue weighted by atomic mass is 16.4. The number of carboxylic acid groups (broad SMARTS) is 1. The molecule has 1 rings (SSSR count). The van der Waals surface area contributed by atoms with Gasteiger partial charge in [0.2, 0.25) is 0 Å². The van der Waals surface area contributed by atoms with Crippen molar-refractivity contribution in [1.29, 1.82) is 0 Å². The summed E-state index contributed by atoms with van der Waals surface area (Å²) in [4.78, 5) is 12.8. The van der Waals surface area contributed by atoms with Crippen LogP contribution in [0.4, 0.5) is 4.79 Å². The van der Waals surface area contributed by atoms with Crippen molar-refractivity contribution < 1.29 is 9.90 Å². The number of hydrogen-bond acceptors (Lipinski definition) is 1. The molecule has 0 radical (unpaired) electrons. The average molecular weight is 199 g/mol. The predicted octanol–water partition coefficient (Wildman–Crippen LogP) is 2.96. The van der Waals surface area contributed by atoms with Gasteiger partial charge < -0.3 is 10.0 Å². The van der Waals surface area contributed by atoms with E-state index >= 15 is 0 Å². The summed E-state index contributed by atoms with van der Waals surface area (Å²) in [5, 5.41) is 9.17. The van der Waals surface area contributed by atoms with Crippen molar-refractivity contribution in [2.24, 2.45) is 5.41 Å². The van der Waals surface area contributed by atoms with Crippen LogP contribution in [0.15, 0.2) is 0 Å². The third kappa shape index (κ3) is 1.49. The molecule has 0 saturated carbocycles. The normalized spacial score (nSPS) is 28.1. The van der Waals surface area contributed by atoms with Crippen molar-refractivity contribution in [1.82, 2.24) is 4.90 Å². The van der Waals surface area contributed by atoms with Crippen LogP contribution in [0.2, 0.25) is 0 Å². The second-order valence-corrected chi connectivity index (χ2v) is 5.17. The Balaban J connectivity index is 3.04. The van der Waals surface area contributed by atoms with Gasteiger partial charge in [-0.1, -0.05) is 27.7 Å². The van der Waals surface area contributed by atoms with E-state index in [1.54, 1.807) is 4.90 Å². The first-order valence-electron chi connectivity index (χ1n) is 5.36. The number of amides is 1. The highest BCUT2D eigenvalue weighted by Crippen LogP contribution is 2.45. The van der Waals surface area contributed by atoms with Gasteiger partial charge in [0.05, 0.1) is 5.54 Å². The highest BCUT2D eigenvalue weighted by molar-refractivity contribution is 5.67. The minimum absolute atomic E-state index is 0.0244. The second-order valence-electron chi connectivity index (χ2n) is 5.17. The lowest BCUT2D eigenvalue weighted by Gasteiger charge is -2.46. The van der Waals surface area contributed by atoms with Crippen LogP contribution in [0.25, 0.3) is 0 Å². The van der Waals surface area contributed by atoms with Crippen LogP contribution < -0.4 is 0 Å². The molecule has 0 unspecified atom stereocenters. The van der Waals surface area contributed by atoms with Gasteiger partial charge in [-0.2, -0.15) is 0 Å². The van der Waals surface area contributed by atoms with Gasteiger partial charge in [-0.3, -0.25) is 0 Å². The van der Waals surface area contributed by atoms with Gasteiger partial charge in [-0.15, -0.1) is 0 Å². The summed E-state index contributed by atoms with van der Waals surface area (Å²) in [5.74, 6) is 0. The van der Waals surface area contributed by atoms with E-state index in [4.69, 9.17) is 5.11 Å². The Morgan fingerprint density at radius 3 is 2.36 bits per heavy atom. The van der Waals surface area contributed by atoms with Crippen molar-refractivity contribution >= 4 is 6.09 Å². The van der Waals surface area contributed by atoms with E-state index in [1.807, 2.05) is 0 Å². The Labute approximate surface area is 86.1 Å². The van der Waals surface area contributed by atoms with Crippen LogP contribution in [0.1, 0.15) is 47.0 Å². The van der Waals surface area contributed by atoms with Crippen molar-refractivity contribution in [3.63, 3.8) is 0 Å². The maximum atomic E-state index is 11.1. The van der Waals surface area contributed by atoms with Crippen LogP contribution in [-0.2, 0) is 0 Å². The minimum Gasteiger partial charge on any atom is -0.465 e. The van der Waals surface area contributed by atoms with E-state index in [-0.39, 0.29) is 11.0 Å². The molecule has 3 heteroatoms. The van der Waals surface area contributed by atoms with Crippen LogP contribution >= 0.6 is 0 Å². The number of likely N-dealkylation sites (tertiary alicyclic amines) is 1. The molecule has 1 saturated heterocycles. The summed E-state index contributed by atoms with van der Waals surface area (Å²) in [6.45, 7) is 9.19. The van der Waals surface area contributed by atoms with Gasteiger partial charge in [0.25, 0.3) is 0 Å².